The van der Waals surface area contributed by atoms with Gasteiger partial charge in [-0.05, 0) is 38.8 Å². The Morgan fingerprint density at radius 1 is 0.571 bits per heavy atom. The molecule has 0 atom stereocenters. The van der Waals surface area contributed by atoms with E-state index in [0.29, 0.717) is 0 Å². The Balaban J connectivity index is 2.24. The maximum atomic E-state index is 6.32. The summed E-state index contributed by atoms with van der Waals surface area (Å²) in [4.78, 5) is 0. The molecule has 0 spiro atoms. The second-order valence-electron chi connectivity index (χ2n) is 7.46. The molecule has 126 valence electrons. The molecule has 0 saturated carbocycles. The Morgan fingerprint density at radius 3 is 1.48 bits per heavy atom. The zero-order chi connectivity index (χ0) is 16.0. The fourth-order valence-corrected chi connectivity index (χ4v) is 19.8. The van der Waals surface area contributed by atoms with Crippen LogP contribution in [0.15, 0.2) is 0 Å². The molecular formula is C15H36O3Si3. The summed E-state index contributed by atoms with van der Waals surface area (Å²) in [6, 6.07) is 1.14. The Hall–Kier alpha value is 0.531. The van der Waals surface area contributed by atoms with Gasteiger partial charge in [0.05, 0.1) is 0 Å². The molecule has 0 aromatic rings. The van der Waals surface area contributed by atoms with Gasteiger partial charge in [-0.25, -0.2) is 0 Å². The molecule has 0 radical (unpaired) electrons. The van der Waals surface area contributed by atoms with Crippen molar-refractivity contribution in [1.82, 2.24) is 0 Å². The Morgan fingerprint density at radius 2 is 1.00 bits per heavy atom. The molecule has 0 N–H and O–H groups in total. The summed E-state index contributed by atoms with van der Waals surface area (Å²) in [5.41, 5.74) is 0. The minimum absolute atomic E-state index is 1.14. The van der Waals surface area contributed by atoms with Gasteiger partial charge < -0.3 is 12.3 Å². The molecule has 3 nitrogen and oxygen atoms in total. The molecule has 0 unspecified atom stereocenters. The number of unbranched alkanes of at least 4 members (excludes halogenated alkanes) is 7. The molecule has 0 amide bonds. The van der Waals surface area contributed by atoms with Crippen molar-refractivity contribution in [3.63, 3.8) is 0 Å². The largest absolute Gasteiger partial charge is 0.416 e. The van der Waals surface area contributed by atoms with Crippen LogP contribution in [-0.4, -0.2) is 25.7 Å². The molecule has 0 aliphatic carbocycles. The monoisotopic (exact) mass is 348 g/mol. The summed E-state index contributed by atoms with van der Waals surface area (Å²) in [6.07, 6.45) is 10.9. The van der Waals surface area contributed by atoms with Crippen LogP contribution in [0.1, 0.15) is 58.3 Å². The summed E-state index contributed by atoms with van der Waals surface area (Å²) in [5.74, 6) is 0. The minimum Gasteiger partial charge on any atom is -0.416 e. The highest BCUT2D eigenvalue weighted by Crippen LogP contribution is 2.33. The van der Waals surface area contributed by atoms with Crippen LogP contribution in [0.3, 0.4) is 0 Å². The first-order chi connectivity index (χ1) is 9.68. The van der Waals surface area contributed by atoms with Crippen molar-refractivity contribution in [3.05, 3.63) is 0 Å². The highest BCUT2D eigenvalue weighted by molar-refractivity contribution is 6.92. The lowest BCUT2D eigenvalue weighted by Crippen LogP contribution is -2.65. The van der Waals surface area contributed by atoms with Gasteiger partial charge >= 0.3 is 25.7 Å². The molecule has 1 saturated heterocycles. The Kier molecular flexibility index (Phi) is 7.83. The normalized spacial score (nSPS) is 23.1. The van der Waals surface area contributed by atoms with Crippen LogP contribution in [0.5, 0.6) is 0 Å². The first-order valence-electron chi connectivity index (χ1n) is 8.79. The van der Waals surface area contributed by atoms with Crippen LogP contribution in [0.4, 0.5) is 0 Å². The third-order valence-corrected chi connectivity index (χ3v) is 16.5. The van der Waals surface area contributed by atoms with E-state index in [-0.39, 0.29) is 0 Å². The van der Waals surface area contributed by atoms with Crippen LogP contribution in [-0.2, 0) is 12.3 Å². The third-order valence-electron chi connectivity index (χ3n) is 3.90. The molecule has 6 heteroatoms. The van der Waals surface area contributed by atoms with Gasteiger partial charge in [-0.15, -0.1) is 0 Å². The number of rotatable bonds is 9. The first kappa shape index (κ1) is 19.6. The van der Waals surface area contributed by atoms with Crippen molar-refractivity contribution in [2.75, 3.05) is 0 Å². The van der Waals surface area contributed by atoms with Crippen molar-refractivity contribution in [2.24, 2.45) is 0 Å². The zero-order valence-corrected chi connectivity index (χ0v) is 18.1. The standard InChI is InChI=1S/C15H36O3Si3/c1-7-8-9-10-11-12-13-14-15-21(6)17-19(2,3)16-20(4,5)18-21/h7-15H2,1-6H3. The predicted molar refractivity (Wildman–Crippen MR) is 97.3 cm³/mol. The van der Waals surface area contributed by atoms with Crippen molar-refractivity contribution in [1.29, 1.82) is 0 Å². The molecule has 1 rings (SSSR count). The molecule has 1 aliphatic rings. The molecule has 1 heterocycles. The van der Waals surface area contributed by atoms with Crippen LogP contribution < -0.4 is 0 Å². The van der Waals surface area contributed by atoms with E-state index in [1.165, 1.54) is 51.4 Å². The van der Waals surface area contributed by atoms with Crippen molar-refractivity contribution < 1.29 is 12.3 Å². The van der Waals surface area contributed by atoms with Gasteiger partial charge in [0.2, 0.25) is 0 Å². The van der Waals surface area contributed by atoms with Crippen LogP contribution in [0, 0.1) is 0 Å². The van der Waals surface area contributed by atoms with Gasteiger partial charge in [0, 0.05) is 0 Å². The predicted octanol–water partition coefficient (Wildman–Crippen LogP) is 5.67. The summed E-state index contributed by atoms with van der Waals surface area (Å²) in [6.45, 7) is 13.2. The highest BCUT2D eigenvalue weighted by atomic mass is 28.5. The lowest BCUT2D eigenvalue weighted by Gasteiger charge is -2.48. The van der Waals surface area contributed by atoms with Gasteiger partial charge in [-0.3, -0.25) is 0 Å². The second-order valence-corrected chi connectivity index (χ2v) is 18.3. The van der Waals surface area contributed by atoms with E-state index >= 15 is 0 Å². The summed E-state index contributed by atoms with van der Waals surface area (Å²) in [5, 5.41) is 0. The molecule has 1 aliphatic heterocycles. The summed E-state index contributed by atoms with van der Waals surface area (Å²) in [7, 11) is -5.90. The van der Waals surface area contributed by atoms with Gasteiger partial charge in [0.25, 0.3) is 0 Å². The minimum atomic E-state index is -1.99. The smallest absolute Gasteiger partial charge is 0.317 e. The van der Waals surface area contributed by atoms with Crippen LogP contribution >= 0.6 is 0 Å². The molecule has 1 fully saturated rings. The SMILES string of the molecule is CCCCCCCCCC[Si]1(C)O[Si](C)(C)O[Si](C)(C)O1. The third kappa shape index (κ3) is 8.08. The van der Waals surface area contributed by atoms with Gasteiger partial charge in [0.15, 0.2) is 0 Å². The zero-order valence-electron chi connectivity index (χ0n) is 15.1. The van der Waals surface area contributed by atoms with Crippen molar-refractivity contribution >= 4 is 25.7 Å². The van der Waals surface area contributed by atoms with Crippen molar-refractivity contribution in [2.45, 2.75) is 97.1 Å². The summed E-state index contributed by atoms with van der Waals surface area (Å²) >= 11 is 0. The van der Waals surface area contributed by atoms with E-state index in [1.807, 2.05) is 0 Å². The number of hydrogen-bond acceptors (Lipinski definition) is 3. The first-order valence-corrected chi connectivity index (χ1v) is 16.9. The van der Waals surface area contributed by atoms with E-state index in [9.17, 15) is 0 Å². The highest BCUT2D eigenvalue weighted by Gasteiger charge is 2.52. The van der Waals surface area contributed by atoms with Gasteiger partial charge in [0.1, 0.15) is 0 Å². The van der Waals surface area contributed by atoms with Gasteiger partial charge in [-0.1, -0.05) is 58.3 Å². The molecule has 0 aromatic heterocycles. The number of hydrogen-bond donors (Lipinski definition) is 0. The average Bonchev–Trinajstić information content (AvgIpc) is 2.27. The second kappa shape index (κ2) is 8.40. The quantitative estimate of drug-likeness (QED) is 0.397. The molecule has 0 bridgehead atoms. The van der Waals surface area contributed by atoms with Gasteiger partial charge in [-0.2, -0.15) is 0 Å². The van der Waals surface area contributed by atoms with E-state index < -0.39 is 25.7 Å². The Bertz CT molecular complexity index is 293. The van der Waals surface area contributed by atoms with E-state index in [1.54, 1.807) is 0 Å². The van der Waals surface area contributed by atoms with Crippen LogP contribution in [0.25, 0.3) is 0 Å². The lowest BCUT2D eigenvalue weighted by atomic mass is 10.1. The Labute approximate surface area is 135 Å². The van der Waals surface area contributed by atoms with E-state index in [0.717, 1.165) is 6.04 Å². The average molecular weight is 349 g/mol. The maximum absolute atomic E-state index is 6.32. The summed E-state index contributed by atoms with van der Waals surface area (Å²) < 4.78 is 18.8. The molecule has 0 aromatic carbocycles. The van der Waals surface area contributed by atoms with Crippen molar-refractivity contribution in [3.8, 4) is 0 Å². The lowest BCUT2D eigenvalue weighted by molar-refractivity contribution is 0.231. The van der Waals surface area contributed by atoms with Crippen LogP contribution in [0.2, 0.25) is 38.8 Å². The molecular weight excluding hydrogens is 312 g/mol. The molecule has 21 heavy (non-hydrogen) atoms. The fourth-order valence-electron chi connectivity index (χ4n) is 3.38. The topological polar surface area (TPSA) is 27.7 Å². The fraction of sp³-hybridized carbons (Fsp3) is 1.00. The van der Waals surface area contributed by atoms with E-state index in [2.05, 4.69) is 39.7 Å². The van der Waals surface area contributed by atoms with E-state index in [4.69, 9.17) is 12.3 Å². The maximum Gasteiger partial charge on any atom is 0.317 e.